The van der Waals surface area contributed by atoms with E-state index in [1.54, 1.807) is 32.3 Å². The normalized spacial score (nSPS) is 10.4. The van der Waals surface area contributed by atoms with Gasteiger partial charge in [-0.3, -0.25) is 9.48 Å². The lowest BCUT2D eigenvalue weighted by Crippen LogP contribution is -2.17. The number of hydrogen-bond donors (Lipinski definition) is 1. The molecule has 18 heavy (non-hydrogen) atoms. The van der Waals surface area contributed by atoms with Gasteiger partial charge in [0.25, 0.3) is 5.91 Å². The first-order valence-corrected chi connectivity index (χ1v) is 5.86. The van der Waals surface area contributed by atoms with Crippen LogP contribution in [-0.4, -0.2) is 20.7 Å². The third-order valence-corrected chi connectivity index (χ3v) is 2.90. The number of nitrogens with zero attached hydrogens (tertiary/aromatic N) is 3. The Balaban J connectivity index is 2.31. The Morgan fingerprint density at radius 3 is 2.72 bits per heavy atom. The van der Waals surface area contributed by atoms with Crippen molar-refractivity contribution < 1.29 is 4.79 Å². The minimum atomic E-state index is -0.302. The second-order valence-electron chi connectivity index (χ2n) is 3.72. The lowest BCUT2D eigenvalue weighted by atomic mass is 10.2. The van der Waals surface area contributed by atoms with Gasteiger partial charge in [-0.25, -0.2) is 4.98 Å². The van der Waals surface area contributed by atoms with Gasteiger partial charge in [0.15, 0.2) is 5.15 Å². The van der Waals surface area contributed by atoms with Crippen molar-refractivity contribution in [2.45, 2.75) is 6.92 Å². The van der Waals surface area contributed by atoms with Gasteiger partial charge in [0.1, 0.15) is 10.8 Å². The van der Waals surface area contributed by atoms with E-state index in [4.69, 9.17) is 23.2 Å². The maximum atomic E-state index is 12.0. The molecule has 0 saturated heterocycles. The van der Waals surface area contributed by atoms with Crippen LogP contribution in [0.5, 0.6) is 0 Å². The van der Waals surface area contributed by atoms with Crippen LogP contribution >= 0.6 is 23.2 Å². The molecule has 0 saturated carbocycles. The molecule has 0 aromatic carbocycles. The molecule has 1 amide bonds. The zero-order chi connectivity index (χ0) is 13.3. The molecule has 5 nitrogen and oxygen atoms in total. The van der Waals surface area contributed by atoms with E-state index in [-0.39, 0.29) is 16.2 Å². The standard InChI is InChI=1S/C11H10Cl2N4O/c1-6-5-8(12)15-10(13)9(6)16-11(18)7-3-4-14-17(7)2/h3-5H,1-2H3,(H,16,18). The number of hydrogen-bond acceptors (Lipinski definition) is 3. The highest BCUT2D eigenvalue weighted by Gasteiger charge is 2.14. The summed E-state index contributed by atoms with van der Waals surface area (Å²) in [4.78, 5) is 15.9. The van der Waals surface area contributed by atoms with Crippen LogP contribution in [0, 0.1) is 6.92 Å². The molecule has 7 heteroatoms. The Morgan fingerprint density at radius 1 is 1.44 bits per heavy atom. The largest absolute Gasteiger partial charge is 0.318 e. The molecular formula is C11H10Cl2N4O. The second-order valence-corrected chi connectivity index (χ2v) is 4.47. The Kier molecular flexibility index (Phi) is 3.54. The van der Waals surface area contributed by atoms with E-state index in [2.05, 4.69) is 15.4 Å². The Labute approximate surface area is 114 Å². The highest BCUT2D eigenvalue weighted by atomic mass is 35.5. The molecule has 0 aliphatic heterocycles. The summed E-state index contributed by atoms with van der Waals surface area (Å²) in [6.07, 6.45) is 1.55. The molecule has 0 atom stereocenters. The van der Waals surface area contributed by atoms with Crippen molar-refractivity contribution >= 4 is 34.8 Å². The van der Waals surface area contributed by atoms with Gasteiger partial charge in [-0.15, -0.1) is 0 Å². The molecule has 0 spiro atoms. The summed E-state index contributed by atoms with van der Waals surface area (Å²) in [5.41, 5.74) is 1.63. The van der Waals surface area contributed by atoms with Crippen molar-refractivity contribution in [1.82, 2.24) is 14.8 Å². The number of amides is 1. The van der Waals surface area contributed by atoms with Crippen molar-refractivity contribution in [3.05, 3.63) is 39.9 Å². The highest BCUT2D eigenvalue weighted by molar-refractivity contribution is 6.35. The predicted octanol–water partition coefficient (Wildman–Crippen LogP) is 2.68. The SMILES string of the molecule is Cc1cc(Cl)nc(Cl)c1NC(=O)c1ccnn1C. The molecule has 0 aliphatic carbocycles. The first-order chi connectivity index (χ1) is 8.49. The summed E-state index contributed by atoms with van der Waals surface area (Å²) in [5, 5.41) is 7.07. The molecule has 0 fully saturated rings. The summed E-state index contributed by atoms with van der Waals surface area (Å²) in [7, 11) is 1.68. The molecule has 0 aliphatic rings. The lowest BCUT2D eigenvalue weighted by molar-refractivity contribution is 0.101. The lowest BCUT2D eigenvalue weighted by Gasteiger charge is -2.10. The predicted molar refractivity (Wildman–Crippen MR) is 70.2 cm³/mol. The van der Waals surface area contributed by atoms with E-state index in [9.17, 15) is 4.79 Å². The van der Waals surface area contributed by atoms with Gasteiger partial charge in [-0.2, -0.15) is 5.10 Å². The van der Waals surface area contributed by atoms with Crippen molar-refractivity contribution in [2.75, 3.05) is 5.32 Å². The summed E-state index contributed by atoms with van der Waals surface area (Å²) >= 11 is 11.7. The minimum absolute atomic E-state index is 0.163. The van der Waals surface area contributed by atoms with E-state index >= 15 is 0 Å². The third-order valence-electron chi connectivity index (χ3n) is 2.43. The average molecular weight is 285 g/mol. The van der Waals surface area contributed by atoms with Crippen LogP contribution in [0.25, 0.3) is 0 Å². The second kappa shape index (κ2) is 4.96. The van der Waals surface area contributed by atoms with Gasteiger partial charge in [0.05, 0.1) is 5.69 Å². The van der Waals surface area contributed by atoms with Crippen LogP contribution in [0.15, 0.2) is 18.3 Å². The zero-order valence-corrected chi connectivity index (χ0v) is 11.2. The van der Waals surface area contributed by atoms with E-state index in [0.717, 1.165) is 5.56 Å². The fourth-order valence-electron chi connectivity index (χ4n) is 1.52. The Hall–Kier alpha value is -1.59. The maximum Gasteiger partial charge on any atom is 0.274 e. The van der Waals surface area contributed by atoms with Crippen LogP contribution in [0.4, 0.5) is 5.69 Å². The number of pyridine rings is 1. The average Bonchev–Trinajstić information content (AvgIpc) is 2.69. The number of aromatic nitrogens is 3. The summed E-state index contributed by atoms with van der Waals surface area (Å²) in [6.45, 7) is 1.79. The molecule has 2 rings (SSSR count). The molecule has 2 aromatic rings. The third kappa shape index (κ3) is 2.47. The van der Waals surface area contributed by atoms with Crippen molar-refractivity contribution in [3.63, 3.8) is 0 Å². The van der Waals surface area contributed by atoms with Crippen LogP contribution in [0.2, 0.25) is 10.3 Å². The van der Waals surface area contributed by atoms with Gasteiger partial charge in [-0.05, 0) is 24.6 Å². The first-order valence-electron chi connectivity index (χ1n) is 5.11. The Bertz CT molecular complexity index is 586. The van der Waals surface area contributed by atoms with Gasteiger partial charge in [0, 0.05) is 13.2 Å². The quantitative estimate of drug-likeness (QED) is 0.863. The molecular weight excluding hydrogens is 275 g/mol. The maximum absolute atomic E-state index is 12.0. The van der Waals surface area contributed by atoms with Crippen molar-refractivity contribution in [2.24, 2.45) is 7.05 Å². The van der Waals surface area contributed by atoms with Gasteiger partial charge < -0.3 is 5.32 Å². The molecule has 0 unspecified atom stereocenters. The van der Waals surface area contributed by atoms with Crippen LogP contribution in [0.3, 0.4) is 0 Å². The molecule has 94 valence electrons. The number of halogens is 2. The molecule has 0 bridgehead atoms. The molecule has 2 aromatic heterocycles. The topological polar surface area (TPSA) is 59.8 Å². The smallest absolute Gasteiger partial charge is 0.274 e. The number of aryl methyl sites for hydroxylation is 2. The van der Waals surface area contributed by atoms with Crippen molar-refractivity contribution in [3.8, 4) is 0 Å². The van der Waals surface area contributed by atoms with Gasteiger partial charge in [-0.1, -0.05) is 23.2 Å². The van der Waals surface area contributed by atoms with Crippen molar-refractivity contribution in [1.29, 1.82) is 0 Å². The summed E-state index contributed by atoms with van der Waals surface area (Å²) < 4.78 is 1.47. The van der Waals surface area contributed by atoms with Crippen LogP contribution < -0.4 is 5.32 Å². The number of nitrogens with one attached hydrogen (secondary N) is 1. The fraction of sp³-hybridized carbons (Fsp3) is 0.182. The fourth-order valence-corrected chi connectivity index (χ4v) is 2.10. The number of rotatable bonds is 2. The summed E-state index contributed by atoms with van der Waals surface area (Å²) in [5.74, 6) is -0.302. The number of carbonyl (C=O) groups is 1. The van der Waals surface area contributed by atoms with E-state index in [1.165, 1.54) is 4.68 Å². The monoisotopic (exact) mass is 284 g/mol. The minimum Gasteiger partial charge on any atom is -0.318 e. The molecule has 0 radical (unpaired) electrons. The van der Waals surface area contributed by atoms with E-state index in [0.29, 0.717) is 11.4 Å². The van der Waals surface area contributed by atoms with E-state index in [1.807, 2.05) is 0 Å². The molecule has 1 N–H and O–H groups in total. The van der Waals surface area contributed by atoms with Crippen LogP contribution in [0.1, 0.15) is 16.1 Å². The Morgan fingerprint density at radius 2 is 2.17 bits per heavy atom. The molecule has 2 heterocycles. The highest BCUT2D eigenvalue weighted by Crippen LogP contribution is 2.26. The van der Waals surface area contributed by atoms with Gasteiger partial charge in [0.2, 0.25) is 0 Å². The number of carbonyl (C=O) groups excluding carboxylic acids is 1. The van der Waals surface area contributed by atoms with E-state index < -0.39 is 0 Å². The van der Waals surface area contributed by atoms with Gasteiger partial charge >= 0.3 is 0 Å². The first kappa shape index (κ1) is 12.9. The van der Waals surface area contributed by atoms with Crippen LogP contribution in [-0.2, 0) is 7.05 Å². The number of anilines is 1. The zero-order valence-electron chi connectivity index (χ0n) is 9.74. The summed E-state index contributed by atoms with van der Waals surface area (Å²) in [6, 6.07) is 3.24.